The second-order valence-electron chi connectivity index (χ2n) is 5.53. The Hall–Kier alpha value is -2.41. The van der Waals surface area contributed by atoms with Crippen molar-refractivity contribution in [3.63, 3.8) is 0 Å². The molecule has 7 heteroatoms. The Morgan fingerprint density at radius 2 is 2.00 bits per heavy atom. The molecule has 2 rings (SSSR count). The minimum Gasteiger partial charge on any atom is -0.497 e. The first kappa shape index (κ1) is 18.9. The van der Waals surface area contributed by atoms with Crippen LogP contribution in [0, 0.1) is 0 Å². The van der Waals surface area contributed by atoms with Crippen molar-refractivity contribution < 1.29 is 23.8 Å². The maximum atomic E-state index is 12.7. The second kappa shape index (κ2) is 8.62. The zero-order valence-electron chi connectivity index (χ0n) is 15.1. The fourth-order valence-electron chi connectivity index (χ4n) is 2.61. The largest absolute Gasteiger partial charge is 0.497 e. The highest BCUT2D eigenvalue weighted by molar-refractivity contribution is 6.37. The van der Waals surface area contributed by atoms with Crippen LogP contribution in [0.2, 0.25) is 0 Å². The quantitative estimate of drug-likeness (QED) is 0.714. The lowest BCUT2D eigenvalue weighted by Crippen LogP contribution is -2.31. The minimum absolute atomic E-state index is 0.00874. The van der Waals surface area contributed by atoms with Crippen molar-refractivity contribution in [3.8, 4) is 5.75 Å². The molecule has 0 aliphatic carbocycles. The van der Waals surface area contributed by atoms with E-state index in [-0.39, 0.29) is 24.0 Å². The molecule has 1 aromatic carbocycles. The number of nitrogens with zero attached hydrogens (tertiary/aromatic N) is 2. The molecule has 0 saturated heterocycles. The molecule has 0 radical (unpaired) electrons. The summed E-state index contributed by atoms with van der Waals surface area (Å²) < 4.78 is 15.6. The lowest BCUT2D eigenvalue weighted by Gasteiger charge is -2.20. The first-order valence-electron chi connectivity index (χ1n) is 8.27. The average Bonchev–Trinajstić information content (AvgIpc) is 3.12. The zero-order valence-corrected chi connectivity index (χ0v) is 15.1. The van der Waals surface area contributed by atoms with Gasteiger partial charge in [-0.15, -0.1) is 0 Å². The van der Waals surface area contributed by atoms with Gasteiger partial charge >= 0.3 is 0 Å². The molecule has 1 atom stereocenters. The summed E-state index contributed by atoms with van der Waals surface area (Å²) in [6, 6.07) is 5.12. The number of amides is 1. The van der Waals surface area contributed by atoms with Crippen molar-refractivity contribution in [1.82, 2.24) is 4.90 Å². The Morgan fingerprint density at radius 1 is 1.28 bits per heavy atom. The van der Waals surface area contributed by atoms with Gasteiger partial charge in [-0.3, -0.25) is 9.59 Å². The van der Waals surface area contributed by atoms with Crippen LogP contribution in [0.25, 0.3) is 0 Å². The van der Waals surface area contributed by atoms with Gasteiger partial charge in [0.2, 0.25) is 12.1 Å². The minimum atomic E-state index is -0.527. The molecule has 1 aliphatic rings. The molecule has 0 N–H and O–H groups in total. The number of aliphatic imine (C=N–C) groups is 1. The Kier molecular flexibility index (Phi) is 6.52. The van der Waals surface area contributed by atoms with Crippen molar-refractivity contribution in [2.24, 2.45) is 4.99 Å². The Morgan fingerprint density at radius 3 is 2.56 bits per heavy atom. The Balaban J connectivity index is 2.26. The average molecular weight is 348 g/mol. The van der Waals surface area contributed by atoms with Crippen LogP contribution >= 0.6 is 0 Å². The molecule has 0 fully saturated rings. The molecule has 0 bridgehead atoms. The van der Waals surface area contributed by atoms with E-state index in [1.807, 2.05) is 13.8 Å². The maximum Gasteiger partial charge on any atom is 0.256 e. The molecule has 1 heterocycles. The lowest BCUT2D eigenvalue weighted by molar-refractivity contribution is -0.115. The molecule has 1 aromatic rings. The molecule has 7 nitrogen and oxygen atoms in total. The van der Waals surface area contributed by atoms with Crippen molar-refractivity contribution in [3.05, 3.63) is 29.3 Å². The Bertz CT molecular complexity index is 667. The first-order chi connectivity index (χ1) is 12.0. The number of rotatable bonds is 8. The van der Waals surface area contributed by atoms with E-state index >= 15 is 0 Å². The SMILES string of the molecule is CCN(CC)C(=O)c1ccc(OC)cc1CC(=O)C1=NCC(OC)O1. The molecular formula is C18H24N2O5. The van der Waals surface area contributed by atoms with Gasteiger partial charge in [0, 0.05) is 32.2 Å². The number of methoxy groups -OCH3 is 2. The van der Waals surface area contributed by atoms with E-state index in [4.69, 9.17) is 14.2 Å². The number of hydrogen-bond donors (Lipinski definition) is 0. The van der Waals surface area contributed by atoms with E-state index in [1.54, 1.807) is 30.2 Å². The van der Waals surface area contributed by atoms with Crippen LogP contribution in [0.15, 0.2) is 23.2 Å². The number of hydrogen-bond acceptors (Lipinski definition) is 6. The van der Waals surface area contributed by atoms with Crippen LogP contribution in [-0.4, -0.2) is 62.6 Å². The van der Waals surface area contributed by atoms with Gasteiger partial charge in [0.25, 0.3) is 11.8 Å². The summed E-state index contributed by atoms with van der Waals surface area (Å²) in [4.78, 5) is 31.0. The fraction of sp³-hybridized carbons (Fsp3) is 0.500. The highest BCUT2D eigenvalue weighted by Crippen LogP contribution is 2.21. The number of carbonyl (C=O) groups is 2. The van der Waals surface area contributed by atoms with Gasteiger partial charge in [-0.25, -0.2) is 4.99 Å². The highest BCUT2D eigenvalue weighted by atomic mass is 16.7. The van der Waals surface area contributed by atoms with Gasteiger partial charge in [-0.05, 0) is 37.6 Å². The second-order valence-corrected chi connectivity index (χ2v) is 5.53. The molecule has 0 saturated carbocycles. The summed E-state index contributed by atoms with van der Waals surface area (Å²) in [5.74, 6) is 0.222. The number of benzene rings is 1. The normalized spacial score (nSPS) is 16.2. The first-order valence-corrected chi connectivity index (χ1v) is 8.27. The van der Waals surface area contributed by atoms with Crippen LogP contribution in [-0.2, 0) is 20.7 Å². The van der Waals surface area contributed by atoms with Gasteiger partial charge in [0.05, 0.1) is 7.11 Å². The van der Waals surface area contributed by atoms with Gasteiger partial charge in [0.15, 0.2) is 0 Å². The summed E-state index contributed by atoms with van der Waals surface area (Å²) in [5.41, 5.74) is 1.08. The number of ketones is 1. The van der Waals surface area contributed by atoms with Crippen molar-refractivity contribution in [2.45, 2.75) is 26.6 Å². The van der Waals surface area contributed by atoms with Crippen LogP contribution in [0.3, 0.4) is 0 Å². The molecule has 0 spiro atoms. The molecule has 0 aromatic heterocycles. The number of ether oxygens (including phenoxy) is 3. The van der Waals surface area contributed by atoms with Crippen LogP contribution in [0.5, 0.6) is 5.75 Å². The lowest BCUT2D eigenvalue weighted by atomic mass is 10.0. The smallest absolute Gasteiger partial charge is 0.256 e. The van der Waals surface area contributed by atoms with Gasteiger partial charge in [0.1, 0.15) is 12.3 Å². The third-order valence-electron chi connectivity index (χ3n) is 4.07. The predicted octanol–water partition coefficient (Wildman–Crippen LogP) is 1.69. The standard InChI is InChI=1S/C18H24N2O5/c1-5-20(6-2)18(22)14-8-7-13(23-3)9-12(14)10-15(21)17-19-11-16(24-4)25-17/h7-9,16H,5-6,10-11H2,1-4H3. The summed E-state index contributed by atoms with van der Waals surface area (Å²) in [6.45, 7) is 5.32. The van der Waals surface area contributed by atoms with Crippen LogP contribution < -0.4 is 4.74 Å². The van der Waals surface area contributed by atoms with Crippen molar-refractivity contribution in [1.29, 1.82) is 0 Å². The summed E-state index contributed by atoms with van der Waals surface area (Å²) in [7, 11) is 3.04. The predicted molar refractivity (Wildman–Crippen MR) is 93.1 cm³/mol. The summed E-state index contributed by atoms with van der Waals surface area (Å²) in [6.07, 6.45) is -0.518. The van der Waals surface area contributed by atoms with Crippen molar-refractivity contribution in [2.75, 3.05) is 33.9 Å². The van der Waals surface area contributed by atoms with E-state index in [9.17, 15) is 9.59 Å². The molecule has 1 amide bonds. The van der Waals surface area contributed by atoms with Gasteiger partial charge in [-0.2, -0.15) is 0 Å². The number of Topliss-reactive ketones (excluding diaryl/α,β-unsaturated/α-hetero) is 1. The van der Waals surface area contributed by atoms with Crippen LogP contribution in [0.4, 0.5) is 0 Å². The highest BCUT2D eigenvalue weighted by Gasteiger charge is 2.26. The summed E-state index contributed by atoms with van der Waals surface area (Å²) in [5, 5.41) is 0. The molecule has 1 aliphatic heterocycles. The summed E-state index contributed by atoms with van der Waals surface area (Å²) >= 11 is 0. The molecule has 136 valence electrons. The maximum absolute atomic E-state index is 12.7. The van der Waals surface area contributed by atoms with Gasteiger partial charge in [-0.1, -0.05) is 0 Å². The van der Waals surface area contributed by atoms with E-state index in [0.717, 1.165) is 0 Å². The molecule has 1 unspecified atom stereocenters. The van der Waals surface area contributed by atoms with E-state index in [1.165, 1.54) is 7.11 Å². The monoisotopic (exact) mass is 348 g/mol. The molecule has 25 heavy (non-hydrogen) atoms. The third-order valence-corrected chi connectivity index (χ3v) is 4.07. The fourth-order valence-corrected chi connectivity index (χ4v) is 2.61. The van der Waals surface area contributed by atoms with E-state index < -0.39 is 6.29 Å². The topological polar surface area (TPSA) is 77.4 Å². The van der Waals surface area contributed by atoms with E-state index in [0.29, 0.717) is 36.5 Å². The van der Waals surface area contributed by atoms with Crippen LogP contribution in [0.1, 0.15) is 29.8 Å². The molecular weight excluding hydrogens is 324 g/mol. The van der Waals surface area contributed by atoms with Gasteiger partial charge < -0.3 is 19.1 Å². The number of carbonyl (C=O) groups excluding carboxylic acids is 2. The van der Waals surface area contributed by atoms with E-state index in [2.05, 4.69) is 4.99 Å². The zero-order chi connectivity index (χ0) is 18.4. The third kappa shape index (κ3) is 4.36. The van der Waals surface area contributed by atoms with Crippen molar-refractivity contribution >= 4 is 17.6 Å². The Labute approximate surface area is 147 Å².